The molecule has 280 valence electrons. The van der Waals surface area contributed by atoms with Gasteiger partial charge >= 0.3 is 3.18 Å². The normalized spacial score (nSPS) is 11.1. The summed E-state index contributed by atoms with van der Waals surface area (Å²) in [4.78, 5) is 0. The molecule has 0 atom stereocenters. The number of halogens is 3. The van der Waals surface area contributed by atoms with Gasteiger partial charge in [-0.25, -0.2) is 16.8 Å². The molecule has 0 amide bonds. The summed E-state index contributed by atoms with van der Waals surface area (Å²) >= 11 is 9.31. The van der Waals surface area contributed by atoms with Gasteiger partial charge in [-0.15, -0.1) is 47.3 Å². The molecule has 0 spiro atoms. The Bertz CT molecular complexity index is 2430. The number of rotatable bonds is 8. The molecule has 0 radical (unpaired) electrons. The maximum Gasteiger partial charge on any atom is 0.369 e. The summed E-state index contributed by atoms with van der Waals surface area (Å²) in [6, 6.07) is 29.5. The van der Waals surface area contributed by atoms with Crippen molar-refractivity contribution in [3.63, 3.8) is 0 Å². The van der Waals surface area contributed by atoms with E-state index in [4.69, 9.17) is 0 Å². The van der Waals surface area contributed by atoms with Crippen molar-refractivity contribution in [2.24, 2.45) is 0 Å². The lowest BCUT2D eigenvalue weighted by Gasteiger charge is -2.10. The number of aromatic nitrogens is 2. The lowest BCUT2D eigenvalue weighted by Crippen LogP contribution is -2.09. The Labute approximate surface area is 340 Å². The van der Waals surface area contributed by atoms with E-state index in [-0.39, 0.29) is 8.93 Å². The van der Waals surface area contributed by atoms with E-state index in [1.54, 1.807) is 54.6 Å². The van der Waals surface area contributed by atoms with E-state index < -0.39 is 20.0 Å². The molecule has 3 N–H and O–H groups in total. The van der Waals surface area contributed by atoms with E-state index in [0.717, 1.165) is 68.9 Å². The first-order valence-corrected chi connectivity index (χ1v) is 22.8. The Morgan fingerprint density at radius 3 is 1.39 bits per heavy atom. The van der Waals surface area contributed by atoms with Crippen LogP contribution in [0.4, 0.5) is 11.4 Å². The second-order valence-corrected chi connectivity index (χ2v) is 22.0. The van der Waals surface area contributed by atoms with Crippen molar-refractivity contribution < 1.29 is 21.9 Å². The fourth-order valence-electron chi connectivity index (χ4n) is 6.10. The predicted octanol–water partition coefficient (Wildman–Crippen LogP) is 9.31. The Morgan fingerprint density at radius 1 is 0.667 bits per heavy atom. The third-order valence-corrected chi connectivity index (χ3v) is 9.26. The number of fused-ring (bicyclic) bond motifs is 2. The molecule has 0 aliphatic rings. The van der Waals surface area contributed by atoms with Crippen molar-refractivity contribution >= 4 is 104 Å². The molecule has 11 nitrogen and oxygen atoms in total. The third kappa shape index (κ3) is 10.5. The second kappa shape index (κ2) is 17.9. The molecule has 6 aromatic rings. The number of benzene rings is 4. The number of hydrogen-bond donors (Lipinski definition) is 3. The van der Waals surface area contributed by atoms with Crippen molar-refractivity contribution in [1.29, 1.82) is 10.5 Å². The van der Waals surface area contributed by atoms with E-state index in [0.29, 0.717) is 29.0 Å². The minimum atomic E-state index is -3.34. The van der Waals surface area contributed by atoms with Crippen LogP contribution >= 0.6 is 47.3 Å². The lowest BCUT2D eigenvalue weighted by molar-refractivity contribution is 0.476. The van der Waals surface area contributed by atoms with E-state index in [1.807, 2.05) is 49.6 Å². The largest absolute Gasteiger partial charge is 0.508 e. The average Bonchev–Trinajstić information content (AvgIpc) is 3.58. The van der Waals surface area contributed by atoms with E-state index in [9.17, 15) is 32.5 Å². The molecule has 6 rings (SSSR count). The summed E-state index contributed by atoms with van der Waals surface area (Å²) in [5.41, 5.74) is 8.37. The molecule has 0 aliphatic carbocycles. The van der Waals surface area contributed by atoms with Crippen LogP contribution < -0.4 is 9.44 Å². The topological polar surface area (TPSA) is 170 Å². The quantitative estimate of drug-likeness (QED) is 0.128. The van der Waals surface area contributed by atoms with Gasteiger partial charge in [0.25, 0.3) is 0 Å². The van der Waals surface area contributed by atoms with Gasteiger partial charge in [-0.2, -0.15) is 10.5 Å². The smallest absolute Gasteiger partial charge is 0.369 e. The molecule has 0 bridgehead atoms. The van der Waals surface area contributed by atoms with E-state index in [2.05, 4.69) is 79.5 Å². The monoisotopic (exact) mass is 956 g/mol. The first-order valence-electron chi connectivity index (χ1n) is 16.3. The first kappa shape index (κ1) is 42.5. The number of anilines is 2. The summed E-state index contributed by atoms with van der Waals surface area (Å²) in [6.07, 6.45) is 2.21. The molecule has 0 unspecified atom stereocenters. The zero-order valence-corrected chi connectivity index (χ0v) is 36.3. The zero-order chi connectivity index (χ0) is 40.0. The van der Waals surface area contributed by atoms with Gasteiger partial charge in [-0.05, 0) is 79.9 Å². The molecule has 54 heavy (non-hydrogen) atoms. The fraction of sp³-hybridized carbons (Fsp3) is 0.189. The van der Waals surface area contributed by atoms with Crippen LogP contribution in [0.2, 0.25) is 0 Å². The molecule has 0 saturated heterocycles. The summed E-state index contributed by atoms with van der Waals surface area (Å²) in [5, 5.41) is 30.8. The number of phenols is 1. The van der Waals surface area contributed by atoms with Crippen LogP contribution in [-0.2, 0) is 33.1 Å². The van der Waals surface area contributed by atoms with Crippen LogP contribution in [0.1, 0.15) is 30.5 Å². The molecule has 0 aliphatic heterocycles. The van der Waals surface area contributed by atoms with Gasteiger partial charge in [0.1, 0.15) is 17.9 Å². The van der Waals surface area contributed by atoms with Crippen LogP contribution in [0.15, 0.2) is 84.9 Å². The van der Waals surface area contributed by atoms with Crippen LogP contribution in [0, 0.1) is 29.6 Å². The average molecular weight is 959 g/mol. The zero-order valence-electron chi connectivity index (χ0n) is 29.9. The molecule has 4 aromatic carbocycles. The molecular weight excluding hydrogens is 923 g/mol. The van der Waals surface area contributed by atoms with Gasteiger partial charge in [0.2, 0.25) is 20.0 Å². The van der Waals surface area contributed by atoms with Gasteiger partial charge < -0.3 is 14.2 Å². The summed E-state index contributed by atoms with van der Waals surface area (Å²) in [7, 11) is -6.65. The van der Waals surface area contributed by atoms with Crippen molar-refractivity contribution in [3.05, 3.63) is 102 Å². The molecule has 2 heterocycles. The van der Waals surface area contributed by atoms with Crippen molar-refractivity contribution in [3.8, 4) is 40.4 Å². The van der Waals surface area contributed by atoms with Gasteiger partial charge in [-0.1, -0.05) is 36.4 Å². The molecule has 0 saturated carbocycles. The van der Waals surface area contributed by atoms with Crippen molar-refractivity contribution in [2.45, 2.75) is 33.9 Å². The molecule has 2 aromatic heterocycles. The van der Waals surface area contributed by atoms with Gasteiger partial charge in [-0.3, -0.25) is 9.44 Å². The Hall–Kier alpha value is -4.26. The van der Waals surface area contributed by atoms with Crippen LogP contribution in [-0.4, -0.2) is 46.8 Å². The van der Waals surface area contributed by atoms with Crippen molar-refractivity contribution in [1.82, 2.24) is 9.13 Å². The minimum Gasteiger partial charge on any atom is -0.508 e. The fourth-order valence-corrected chi connectivity index (χ4v) is 7.23. The van der Waals surface area contributed by atoms with Crippen LogP contribution in [0.3, 0.4) is 0 Å². The van der Waals surface area contributed by atoms with Crippen molar-refractivity contribution in [2.75, 3.05) is 22.0 Å². The summed E-state index contributed by atoms with van der Waals surface area (Å²) < 4.78 is 54.6. The predicted molar refractivity (Wildman–Crippen MR) is 231 cm³/mol. The summed E-state index contributed by atoms with van der Waals surface area (Å²) in [5.74, 6) is 0.142. The number of aromatic hydroxyl groups is 1. The SMILES string of the molecule is BrB(Br)Br.CCn1c(-c2ccc(NS(C)(=O)=O)cc2)c(C#N)c2ccc(C)cc21.CCn1c(-c2ccc(NS(C)(=O)=O)cc2)c(C#N)c2ccc(O)cc21. The standard InChI is InChI=1S/C19H19N3O2S.C18H17N3O3S.BBr3/c1-4-22-18-11-13(2)5-10-16(18)17(12-20)19(22)14-6-8-15(9-7-14)21-25(3,23)24;1-3-21-17-10-14(22)8-9-15(17)16(11-19)18(21)12-4-6-13(7-5-12)20-25(2,23)24;2-1(3)4/h5-11,21H,4H2,1-3H3;4-10,20,22H,3H2,1-2H3;. The maximum absolute atomic E-state index is 11.3. The second-order valence-electron chi connectivity index (χ2n) is 12.0. The highest BCUT2D eigenvalue weighted by Crippen LogP contribution is 2.36. The number of hydrogen-bond acceptors (Lipinski definition) is 7. The number of sulfonamides is 2. The Kier molecular flexibility index (Phi) is 14.1. The minimum absolute atomic E-state index is 0.142. The van der Waals surface area contributed by atoms with E-state index >= 15 is 0 Å². The molecular formula is C37H36BBr3N6O5S2. The van der Waals surface area contributed by atoms with E-state index in [1.165, 1.54) is 0 Å². The van der Waals surface area contributed by atoms with Crippen LogP contribution in [0.25, 0.3) is 44.3 Å². The number of nitriles is 2. The Morgan fingerprint density at radius 2 is 1.04 bits per heavy atom. The highest BCUT2D eigenvalue weighted by atomic mass is 79.9. The maximum atomic E-state index is 11.3. The number of nitrogens with zero attached hydrogens (tertiary/aromatic N) is 4. The molecule has 17 heteroatoms. The van der Waals surface area contributed by atoms with Gasteiger partial charge in [0, 0.05) is 41.3 Å². The molecule has 0 fully saturated rings. The number of nitrogens with one attached hydrogen (secondary N) is 2. The first-order chi connectivity index (χ1) is 25.4. The highest BCUT2D eigenvalue weighted by Gasteiger charge is 2.20. The Balaban J connectivity index is 0.000000219. The number of phenolic OH excluding ortho intramolecular Hbond substituents is 1. The van der Waals surface area contributed by atoms with Crippen LogP contribution in [0.5, 0.6) is 5.75 Å². The van der Waals surface area contributed by atoms with Gasteiger partial charge in [0.15, 0.2) is 0 Å². The third-order valence-electron chi connectivity index (χ3n) is 8.05. The van der Waals surface area contributed by atoms with Gasteiger partial charge in [0.05, 0.1) is 46.1 Å². The summed E-state index contributed by atoms with van der Waals surface area (Å²) in [6.45, 7) is 7.41. The highest BCUT2D eigenvalue weighted by molar-refractivity contribution is 9.69. The lowest BCUT2D eigenvalue weighted by atomic mass is 10.1. The number of aryl methyl sites for hydroxylation is 3.